The molecule has 134 valence electrons. The largest absolute Gasteiger partial charge is 0.465 e. The molecule has 8 nitrogen and oxygen atoms in total. The predicted molar refractivity (Wildman–Crippen MR) is 94.1 cm³/mol. The molecule has 3 aromatic heterocycles. The third kappa shape index (κ3) is 3.42. The molecule has 0 unspecified atom stereocenters. The van der Waals surface area contributed by atoms with E-state index in [0.29, 0.717) is 17.0 Å². The lowest BCUT2D eigenvalue weighted by molar-refractivity contribution is 0.194. The van der Waals surface area contributed by atoms with E-state index in [2.05, 4.69) is 15.3 Å². The number of hydrogen-bond acceptors (Lipinski definition) is 5. The summed E-state index contributed by atoms with van der Waals surface area (Å²) in [6.45, 7) is 1.80. The number of carboxylic acid groups (broad SMARTS) is 1. The van der Waals surface area contributed by atoms with Gasteiger partial charge in [0.1, 0.15) is 4.90 Å². The Kier molecular flexibility index (Phi) is 4.72. The van der Waals surface area contributed by atoms with Gasteiger partial charge in [0, 0.05) is 31.3 Å². The van der Waals surface area contributed by atoms with Crippen LogP contribution < -0.4 is 5.32 Å². The second-order valence-corrected chi connectivity index (χ2v) is 7.37. The van der Waals surface area contributed by atoms with E-state index in [-0.39, 0.29) is 11.4 Å². The highest BCUT2D eigenvalue weighted by atomic mass is 32.2. The van der Waals surface area contributed by atoms with E-state index < -0.39 is 16.1 Å². The Morgan fingerprint density at radius 3 is 2.69 bits per heavy atom. The van der Waals surface area contributed by atoms with Gasteiger partial charge in [-0.25, -0.2) is 17.2 Å². The molecule has 0 spiro atoms. The molecule has 2 N–H and O–H groups in total. The van der Waals surface area contributed by atoms with Crippen LogP contribution >= 0.6 is 0 Å². The van der Waals surface area contributed by atoms with E-state index in [4.69, 9.17) is 5.11 Å². The summed E-state index contributed by atoms with van der Waals surface area (Å²) in [4.78, 5) is 18.9. The van der Waals surface area contributed by atoms with Gasteiger partial charge < -0.3 is 10.4 Å². The zero-order valence-electron chi connectivity index (χ0n) is 13.8. The molecular weight excluding hydrogens is 356 g/mol. The Morgan fingerprint density at radius 1 is 1.27 bits per heavy atom. The summed E-state index contributed by atoms with van der Waals surface area (Å²) >= 11 is 0. The number of carbonyl (C=O) groups is 1. The van der Waals surface area contributed by atoms with Crippen LogP contribution in [0.25, 0.3) is 11.4 Å². The van der Waals surface area contributed by atoms with Gasteiger partial charge in [0.05, 0.1) is 11.4 Å². The summed E-state index contributed by atoms with van der Waals surface area (Å²) in [7, 11) is -3.91. The summed E-state index contributed by atoms with van der Waals surface area (Å²) in [5.41, 5.74) is 2.15. The monoisotopic (exact) mass is 372 g/mol. The lowest BCUT2D eigenvalue weighted by Crippen LogP contribution is -2.19. The fourth-order valence-corrected chi connectivity index (χ4v) is 3.85. The van der Waals surface area contributed by atoms with E-state index in [1.165, 1.54) is 30.7 Å². The van der Waals surface area contributed by atoms with Crippen molar-refractivity contribution in [2.75, 3.05) is 0 Å². The SMILES string of the molecule is Cc1cccnc1-c1cc(CNC(=O)O)cn1S(=O)(=O)c1cccnc1. The van der Waals surface area contributed by atoms with Crippen molar-refractivity contribution in [3.63, 3.8) is 0 Å². The van der Waals surface area contributed by atoms with Crippen LogP contribution in [0.15, 0.2) is 60.0 Å². The molecular formula is C17H16N4O4S. The molecule has 3 heterocycles. The van der Waals surface area contributed by atoms with Crippen LogP contribution in [0.5, 0.6) is 0 Å². The first kappa shape index (κ1) is 17.6. The van der Waals surface area contributed by atoms with Crippen molar-refractivity contribution < 1.29 is 18.3 Å². The Morgan fingerprint density at radius 2 is 2.04 bits per heavy atom. The number of amides is 1. The van der Waals surface area contributed by atoms with Crippen LogP contribution in [0, 0.1) is 6.92 Å². The van der Waals surface area contributed by atoms with E-state index >= 15 is 0 Å². The fraction of sp³-hybridized carbons (Fsp3) is 0.118. The maximum atomic E-state index is 13.0. The third-order valence-corrected chi connectivity index (χ3v) is 5.39. The maximum Gasteiger partial charge on any atom is 0.404 e. The van der Waals surface area contributed by atoms with Gasteiger partial charge in [0.2, 0.25) is 0 Å². The lowest BCUT2D eigenvalue weighted by atomic mass is 10.1. The summed E-state index contributed by atoms with van der Waals surface area (Å²) in [5, 5.41) is 11.0. The van der Waals surface area contributed by atoms with E-state index in [1.54, 1.807) is 18.3 Å². The molecule has 0 saturated heterocycles. The van der Waals surface area contributed by atoms with Crippen molar-refractivity contribution in [1.82, 2.24) is 19.3 Å². The summed E-state index contributed by atoms with van der Waals surface area (Å²) in [6, 6.07) is 8.18. The van der Waals surface area contributed by atoms with Crippen LogP contribution in [-0.4, -0.2) is 33.6 Å². The van der Waals surface area contributed by atoms with Gasteiger partial charge in [-0.3, -0.25) is 9.97 Å². The lowest BCUT2D eigenvalue weighted by Gasteiger charge is -2.11. The summed E-state index contributed by atoms with van der Waals surface area (Å²) in [6.07, 6.45) is 4.52. The highest BCUT2D eigenvalue weighted by Gasteiger charge is 2.23. The molecule has 9 heteroatoms. The molecule has 0 radical (unpaired) electrons. The number of nitrogens with one attached hydrogen (secondary N) is 1. The van der Waals surface area contributed by atoms with Gasteiger partial charge in [0.15, 0.2) is 0 Å². The minimum Gasteiger partial charge on any atom is -0.465 e. The van der Waals surface area contributed by atoms with Gasteiger partial charge in [-0.2, -0.15) is 0 Å². The number of rotatable bonds is 5. The topological polar surface area (TPSA) is 114 Å². The van der Waals surface area contributed by atoms with Gasteiger partial charge in [-0.05, 0) is 42.3 Å². The van der Waals surface area contributed by atoms with Gasteiger partial charge in [0.25, 0.3) is 10.0 Å². The zero-order chi connectivity index (χ0) is 18.7. The third-order valence-electron chi connectivity index (χ3n) is 3.73. The number of aromatic nitrogens is 3. The van der Waals surface area contributed by atoms with Crippen molar-refractivity contribution >= 4 is 16.1 Å². The molecule has 0 saturated carbocycles. The Labute approximate surface area is 150 Å². The van der Waals surface area contributed by atoms with E-state index in [0.717, 1.165) is 9.54 Å². The molecule has 0 aliphatic carbocycles. The smallest absolute Gasteiger partial charge is 0.404 e. The van der Waals surface area contributed by atoms with Crippen LogP contribution in [0.4, 0.5) is 4.79 Å². The Hall–Kier alpha value is -3.20. The van der Waals surface area contributed by atoms with Crippen LogP contribution in [0.2, 0.25) is 0 Å². The standard InChI is InChI=1S/C17H16N4O4S/c1-12-4-2-7-19-16(12)15-8-13(9-20-17(22)23)11-21(15)26(24,25)14-5-3-6-18-10-14/h2-8,10-11,20H,9H2,1H3,(H,22,23). The normalized spacial score (nSPS) is 11.3. The van der Waals surface area contributed by atoms with Crippen molar-refractivity contribution in [2.24, 2.45) is 0 Å². The molecule has 0 aromatic carbocycles. The van der Waals surface area contributed by atoms with Crippen molar-refractivity contribution in [1.29, 1.82) is 0 Å². The summed E-state index contributed by atoms with van der Waals surface area (Å²) < 4.78 is 27.2. The van der Waals surface area contributed by atoms with Crippen molar-refractivity contribution in [2.45, 2.75) is 18.4 Å². The van der Waals surface area contributed by atoms with Gasteiger partial charge in [-0.15, -0.1) is 0 Å². The molecule has 0 atom stereocenters. The maximum absolute atomic E-state index is 13.0. The minimum atomic E-state index is -3.91. The number of hydrogen-bond donors (Lipinski definition) is 2. The zero-order valence-corrected chi connectivity index (χ0v) is 14.6. The number of pyridine rings is 2. The molecule has 0 aliphatic heterocycles. The van der Waals surface area contributed by atoms with Crippen LogP contribution in [0.1, 0.15) is 11.1 Å². The average Bonchev–Trinajstić information content (AvgIpc) is 3.06. The molecule has 0 bridgehead atoms. The molecule has 3 aromatic rings. The van der Waals surface area contributed by atoms with Crippen molar-refractivity contribution in [3.8, 4) is 11.4 Å². The van der Waals surface area contributed by atoms with E-state index in [9.17, 15) is 13.2 Å². The molecule has 0 fully saturated rings. The second kappa shape index (κ2) is 6.96. The average molecular weight is 372 g/mol. The minimum absolute atomic E-state index is 0.0240. The molecule has 3 rings (SSSR count). The second-order valence-electron chi connectivity index (χ2n) is 5.55. The first-order valence-electron chi connectivity index (χ1n) is 7.65. The van der Waals surface area contributed by atoms with Crippen LogP contribution in [0.3, 0.4) is 0 Å². The fourth-order valence-electron chi connectivity index (χ4n) is 2.51. The Bertz CT molecular complexity index is 1050. The highest BCUT2D eigenvalue weighted by molar-refractivity contribution is 7.90. The molecule has 26 heavy (non-hydrogen) atoms. The van der Waals surface area contributed by atoms with E-state index in [1.807, 2.05) is 13.0 Å². The molecule has 0 aliphatic rings. The molecule has 1 amide bonds. The number of nitrogens with zero attached hydrogens (tertiary/aromatic N) is 3. The Balaban J connectivity index is 2.17. The van der Waals surface area contributed by atoms with Gasteiger partial charge in [-0.1, -0.05) is 6.07 Å². The van der Waals surface area contributed by atoms with Crippen LogP contribution in [-0.2, 0) is 16.6 Å². The van der Waals surface area contributed by atoms with Crippen molar-refractivity contribution in [3.05, 3.63) is 66.2 Å². The predicted octanol–water partition coefficient (Wildman–Crippen LogP) is 2.26. The summed E-state index contributed by atoms with van der Waals surface area (Å²) in [5.74, 6) is 0. The quantitative estimate of drug-likeness (QED) is 0.710. The highest BCUT2D eigenvalue weighted by Crippen LogP contribution is 2.27. The first-order chi connectivity index (χ1) is 12.4. The van der Waals surface area contributed by atoms with Gasteiger partial charge >= 0.3 is 6.09 Å². The first-order valence-corrected chi connectivity index (χ1v) is 9.09. The number of aryl methyl sites for hydroxylation is 1.